The Balaban J connectivity index is 1.45. The predicted molar refractivity (Wildman–Crippen MR) is 98.8 cm³/mol. The molecule has 1 fully saturated rings. The number of hydrogen-bond donors (Lipinski definition) is 3. The number of amides is 2. The van der Waals surface area contributed by atoms with Crippen molar-refractivity contribution in [1.82, 2.24) is 5.32 Å². The van der Waals surface area contributed by atoms with E-state index in [0.717, 1.165) is 54.0 Å². The molecule has 1 aromatic heterocycles. The number of aliphatic hydroxyl groups is 1. The summed E-state index contributed by atoms with van der Waals surface area (Å²) < 4.78 is 5.83. The Labute approximate surface area is 146 Å². The van der Waals surface area contributed by atoms with E-state index in [1.165, 1.54) is 0 Å². The lowest BCUT2D eigenvalue weighted by molar-refractivity contribution is 0.00755. The summed E-state index contributed by atoms with van der Waals surface area (Å²) in [6.45, 7) is 0.283. The summed E-state index contributed by atoms with van der Waals surface area (Å²) >= 11 is 0. The van der Waals surface area contributed by atoms with Gasteiger partial charge in [-0.25, -0.2) is 4.79 Å². The molecule has 3 aromatic rings. The van der Waals surface area contributed by atoms with Crippen LogP contribution in [0.4, 0.5) is 10.5 Å². The van der Waals surface area contributed by atoms with Crippen molar-refractivity contribution in [2.75, 3.05) is 11.9 Å². The average Bonchev–Trinajstić information content (AvgIpc) is 2.98. The lowest BCUT2D eigenvalue weighted by atomic mass is 9.85. The second-order valence-electron chi connectivity index (χ2n) is 6.90. The van der Waals surface area contributed by atoms with Gasteiger partial charge in [0.25, 0.3) is 0 Å². The minimum atomic E-state index is -0.766. The number of rotatable bonds is 3. The van der Waals surface area contributed by atoms with Gasteiger partial charge in [0.15, 0.2) is 0 Å². The highest BCUT2D eigenvalue weighted by atomic mass is 16.3. The summed E-state index contributed by atoms with van der Waals surface area (Å²) in [5.41, 5.74) is 1.47. The van der Waals surface area contributed by atoms with Crippen LogP contribution < -0.4 is 10.6 Å². The highest BCUT2D eigenvalue weighted by molar-refractivity contribution is 6.06. The van der Waals surface area contributed by atoms with Crippen LogP contribution in [-0.4, -0.2) is 23.3 Å². The van der Waals surface area contributed by atoms with E-state index in [1.54, 1.807) is 0 Å². The summed E-state index contributed by atoms with van der Waals surface area (Å²) in [4.78, 5) is 12.1. The molecule has 0 bridgehead atoms. The second-order valence-corrected chi connectivity index (χ2v) is 6.90. The van der Waals surface area contributed by atoms with E-state index < -0.39 is 5.60 Å². The van der Waals surface area contributed by atoms with Crippen LogP contribution in [0.25, 0.3) is 21.9 Å². The third-order valence-corrected chi connectivity index (χ3v) is 5.00. The van der Waals surface area contributed by atoms with Crippen molar-refractivity contribution in [3.05, 3.63) is 42.5 Å². The third kappa shape index (κ3) is 3.33. The van der Waals surface area contributed by atoms with Gasteiger partial charge < -0.3 is 20.2 Å². The first-order chi connectivity index (χ1) is 12.1. The Morgan fingerprint density at radius 1 is 1.04 bits per heavy atom. The first-order valence-corrected chi connectivity index (χ1v) is 8.82. The molecule has 1 aliphatic rings. The minimum absolute atomic E-state index is 0.283. The number of anilines is 1. The molecule has 0 unspecified atom stereocenters. The number of urea groups is 1. The number of benzene rings is 2. The van der Waals surface area contributed by atoms with E-state index in [9.17, 15) is 9.90 Å². The molecule has 0 radical (unpaired) electrons. The van der Waals surface area contributed by atoms with E-state index in [-0.39, 0.29) is 12.6 Å². The Bertz CT molecular complexity index is 910. The van der Waals surface area contributed by atoms with Crippen LogP contribution in [0.3, 0.4) is 0 Å². The number of hydrogen-bond acceptors (Lipinski definition) is 3. The second kappa shape index (κ2) is 6.41. The van der Waals surface area contributed by atoms with Gasteiger partial charge in [-0.15, -0.1) is 0 Å². The molecule has 130 valence electrons. The first-order valence-electron chi connectivity index (χ1n) is 8.82. The summed E-state index contributed by atoms with van der Waals surface area (Å²) in [6.07, 6.45) is 4.69. The topological polar surface area (TPSA) is 74.5 Å². The van der Waals surface area contributed by atoms with Gasteiger partial charge in [-0.05, 0) is 31.0 Å². The lowest BCUT2D eigenvalue weighted by Crippen LogP contribution is -2.45. The number of furan rings is 1. The first kappa shape index (κ1) is 16.0. The van der Waals surface area contributed by atoms with Crippen LogP contribution in [0.15, 0.2) is 46.9 Å². The van der Waals surface area contributed by atoms with Crippen LogP contribution in [-0.2, 0) is 0 Å². The highest BCUT2D eigenvalue weighted by Gasteiger charge is 2.29. The van der Waals surface area contributed by atoms with Crippen LogP contribution in [0.2, 0.25) is 0 Å². The van der Waals surface area contributed by atoms with E-state index >= 15 is 0 Å². The molecule has 1 saturated carbocycles. The monoisotopic (exact) mass is 338 g/mol. The van der Waals surface area contributed by atoms with Gasteiger partial charge in [0.1, 0.15) is 11.2 Å². The van der Waals surface area contributed by atoms with Crippen molar-refractivity contribution in [3.63, 3.8) is 0 Å². The Hall–Kier alpha value is -2.53. The van der Waals surface area contributed by atoms with Crippen LogP contribution in [0, 0.1) is 0 Å². The van der Waals surface area contributed by atoms with Crippen LogP contribution in [0.5, 0.6) is 0 Å². The average molecular weight is 338 g/mol. The molecule has 0 atom stereocenters. The molecular weight excluding hydrogens is 316 g/mol. The number of carbonyl (C=O) groups is 1. The molecule has 2 amide bonds. The Kier molecular flexibility index (Phi) is 4.09. The Morgan fingerprint density at radius 2 is 1.80 bits per heavy atom. The summed E-state index contributed by atoms with van der Waals surface area (Å²) in [5, 5.41) is 18.1. The van der Waals surface area contributed by atoms with Gasteiger partial charge in [0, 0.05) is 29.1 Å². The van der Waals surface area contributed by atoms with E-state index in [1.807, 2.05) is 42.5 Å². The summed E-state index contributed by atoms with van der Waals surface area (Å²) in [6, 6.07) is 13.2. The maximum Gasteiger partial charge on any atom is 0.319 e. The third-order valence-electron chi connectivity index (χ3n) is 5.00. The van der Waals surface area contributed by atoms with E-state index in [2.05, 4.69) is 10.6 Å². The van der Waals surface area contributed by atoms with Crippen LogP contribution in [0.1, 0.15) is 32.1 Å². The summed E-state index contributed by atoms with van der Waals surface area (Å²) in [7, 11) is 0. The predicted octanol–water partition coefficient (Wildman–Crippen LogP) is 4.40. The normalized spacial score (nSPS) is 16.8. The van der Waals surface area contributed by atoms with Crippen molar-refractivity contribution < 1.29 is 14.3 Å². The molecule has 5 nitrogen and oxygen atoms in total. The molecule has 0 spiro atoms. The largest absolute Gasteiger partial charge is 0.456 e. The SMILES string of the molecule is O=C(NCC1(O)CCCCC1)Nc1ccc2c(c1)oc1ccccc12. The smallest absolute Gasteiger partial charge is 0.319 e. The maximum absolute atomic E-state index is 12.1. The van der Waals surface area contributed by atoms with Gasteiger partial charge in [-0.2, -0.15) is 0 Å². The zero-order valence-corrected chi connectivity index (χ0v) is 14.0. The van der Waals surface area contributed by atoms with Crippen molar-refractivity contribution in [2.45, 2.75) is 37.7 Å². The van der Waals surface area contributed by atoms with E-state index in [4.69, 9.17) is 4.42 Å². The molecule has 3 N–H and O–H groups in total. The molecule has 5 heteroatoms. The molecular formula is C20H22N2O3. The fraction of sp³-hybridized carbons (Fsp3) is 0.350. The molecule has 0 aliphatic heterocycles. The van der Waals surface area contributed by atoms with Crippen molar-refractivity contribution in [1.29, 1.82) is 0 Å². The number of fused-ring (bicyclic) bond motifs is 3. The molecule has 1 heterocycles. The quantitative estimate of drug-likeness (QED) is 0.662. The van der Waals surface area contributed by atoms with Gasteiger partial charge in [-0.3, -0.25) is 0 Å². The van der Waals surface area contributed by atoms with E-state index in [0.29, 0.717) is 5.69 Å². The molecule has 25 heavy (non-hydrogen) atoms. The number of para-hydroxylation sites is 1. The van der Waals surface area contributed by atoms with Gasteiger partial charge >= 0.3 is 6.03 Å². The summed E-state index contributed by atoms with van der Waals surface area (Å²) in [5.74, 6) is 0. The number of nitrogens with one attached hydrogen (secondary N) is 2. The maximum atomic E-state index is 12.1. The van der Waals surface area contributed by atoms with Crippen LogP contribution >= 0.6 is 0 Å². The van der Waals surface area contributed by atoms with Crippen molar-refractivity contribution >= 4 is 33.7 Å². The minimum Gasteiger partial charge on any atom is -0.456 e. The van der Waals surface area contributed by atoms with Gasteiger partial charge in [0.2, 0.25) is 0 Å². The molecule has 1 aliphatic carbocycles. The van der Waals surface area contributed by atoms with Gasteiger partial charge in [0.05, 0.1) is 5.60 Å². The zero-order valence-electron chi connectivity index (χ0n) is 14.0. The highest BCUT2D eigenvalue weighted by Crippen LogP contribution is 2.30. The molecule has 2 aromatic carbocycles. The molecule has 4 rings (SSSR count). The number of carbonyl (C=O) groups excluding carboxylic acids is 1. The lowest BCUT2D eigenvalue weighted by Gasteiger charge is -2.32. The van der Waals surface area contributed by atoms with Gasteiger partial charge in [-0.1, -0.05) is 37.5 Å². The Morgan fingerprint density at radius 3 is 2.64 bits per heavy atom. The fourth-order valence-corrected chi connectivity index (χ4v) is 3.61. The zero-order chi connectivity index (χ0) is 17.3. The standard InChI is InChI=1S/C20H22N2O3/c23-19(21-13-20(24)10-4-1-5-11-20)22-14-8-9-16-15-6-2-3-7-17(15)25-18(16)12-14/h2-3,6-9,12,24H,1,4-5,10-11,13H2,(H2,21,22,23). The van der Waals surface area contributed by atoms with Crippen molar-refractivity contribution in [2.24, 2.45) is 0 Å². The van der Waals surface area contributed by atoms with Crippen molar-refractivity contribution in [3.8, 4) is 0 Å². The fourth-order valence-electron chi connectivity index (χ4n) is 3.61. The molecule has 0 saturated heterocycles.